The zero-order valence-electron chi connectivity index (χ0n) is 13.4. The van der Waals surface area contributed by atoms with Crippen LogP contribution in [0.5, 0.6) is 11.5 Å². The number of aromatic carboxylic acids is 1. The summed E-state index contributed by atoms with van der Waals surface area (Å²) in [5.74, 6) is -0.916. The number of methoxy groups -OCH3 is 3. The predicted octanol–water partition coefficient (Wildman–Crippen LogP) is 2.97. The molecule has 2 aromatic heterocycles. The first-order chi connectivity index (χ1) is 11.8. The van der Waals surface area contributed by atoms with Crippen molar-refractivity contribution in [1.82, 2.24) is 9.97 Å². The maximum Gasteiger partial charge on any atom is 0.339 e. The molecule has 0 aliphatic heterocycles. The molecule has 0 aliphatic carbocycles. The number of aromatic nitrogens is 2. The minimum Gasteiger partial charge on any atom is -0.493 e. The maximum absolute atomic E-state index is 11.0. The first kappa shape index (κ1) is 20.5. The lowest BCUT2D eigenvalue weighted by Crippen LogP contribution is -2.02. The van der Waals surface area contributed by atoms with E-state index in [0.29, 0.717) is 11.3 Å². The van der Waals surface area contributed by atoms with Crippen LogP contribution in [0, 0.1) is 0 Å². The molecule has 0 unspecified atom stereocenters. The number of carboxylic acids is 1. The lowest BCUT2D eigenvalue weighted by molar-refractivity contribution is 0.0599. The van der Waals surface area contributed by atoms with E-state index in [9.17, 15) is 9.59 Å². The van der Waals surface area contributed by atoms with Crippen LogP contribution in [0.4, 0.5) is 0 Å². The largest absolute Gasteiger partial charge is 0.493 e. The van der Waals surface area contributed by atoms with Crippen LogP contribution in [0.3, 0.4) is 0 Å². The Morgan fingerprint density at radius 1 is 0.920 bits per heavy atom. The van der Waals surface area contributed by atoms with Gasteiger partial charge in [-0.05, 0) is 12.1 Å². The van der Waals surface area contributed by atoms with Crippen molar-refractivity contribution in [2.45, 2.75) is 0 Å². The second kappa shape index (κ2) is 9.65. The van der Waals surface area contributed by atoms with E-state index in [1.54, 1.807) is 0 Å². The number of carbonyl (C=O) groups excluding carboxylic acids is 1. The molecule has 0 aromatic carbocycles. The average molecular weight is 389 g/mol. The molecule has 2 rings (SSSR count). The summed E-state index contributed by atoms with van der Waals surface area (Å²) < 4.78 is 14.2. The van der Waals surface area contributed by atoms with E-state index < -0.39 is 11.9 Å². The summed E-state index contributed by atoms with van der Waals surface area (Å²) in [7, 11) is 4.14. The summed E-state index contributed by atoms with van der Waals surface area (Å²) in [4.78, 5) is 28.9. The minimum absolute atomic E-state index is 0.0521. The van der Waals surface area contributed by atoms with Gasteiger partial charge in [0.1, 0.15) is 0 Å². The van der Waals surface area contributed by atoms with E-state index in [1.807, 2.05) is 0 Å². The topological polar surface area (TPSA) is 108 Å². The number of halogens is 2. The van der Waals surface area contributed by atoms with E-state index in [-0.39, 0.29) is 21.6 Å². The van der Waals surface area contributed by atoms with E-state index in [0.717, 1.165) is 0 Å². The predicted molar refractivity (Wildman–Crippen MR) is 89.9 cm³/mol. The quantitative estimate of drug-likeness (QED) is 0.628. The summed E-state index contributed by atoms with van der Waals surface area (Å²) in [6.07, 6.45) is 2.50. The van der Waals surface area contributed by atoms with Gasteiger partial charge < -0.3 is 19.3 Å². The Morgan fingerprint density at radius 3 is 1.76 bits per heavy atom. The third-order valence-corrected chi connectivity index (χ3v) is 3.29. The van der Waals surface area contributed by atoms with Crippen molar-refractivity contribution in [2.24, 2.45) is 0 Å². The fraction of sp³-hybridized carbons (Fsp3) is 0.200. The van der Waals surface area contributed by atoms with Crippen LogP contribution in [-0.2, 0) is 4.74 Å². The fourth-order valence-corrected chi connectivity index (χ4v) is 1.85. The third kappa shape index (κ3) is 5.77. The molecule has 0 atom stereocenters. The molecule has 2 aromatic rings. The second-order valence-electron chi connectivity index (χ2n) is 4.23. The Labute approximate surface area is 153 Å². The third-order valence-electron chi connectivity index (χ3n) is 2.72. The molecule has 134 valence electrons. The molecule has 0 bridgehead atoms. The highest BCUT2D eigenvalue weighted by atomic mass is 35.5. The van der Waals surface area contributed by atoms with Gasteiger partial charge in [0.2, 0.25) is 0 Å². The van der Waals surface area contributed by atoms with Gasteiger partial charge in [-0.2, -0.15) is 0 Å². The van der Waals surface area contributed by atoms with Gasteiger partial charge in [0.05, 0.1) is 32.5 Å². The van der Waals surface area contributed by atoms with Crippen molar-refractivity contribution in [2.75, 3.05) is 21.3 Å². The first-order valence-electron chi connectivity index (χ1n) is 6.54. The van der Waals surface area contributed by atoms with Gasteiger partial charge >= 0.3 is 11.9 Å². The zero-order valence-corrected chi connectivity index (χ0v) is 15.0. The number of hydrogen-bond acceptors (Lipinski definition) is 7. The normalized spacial score (nSPS) is 9.48. The second-order valence-corrected chi connectivity index (χ2v) is 4.95. The molecule has 2 heterocycles. The summed E-state index contributed by atoms with van der Waals surface area (Å²) in [6, 6.07) is 2.79. The number of esters is 1. The number of carboxylic acid groups (broad SMARTS) is 1. The monoisotopic (exact) mass is 388 g/mol. The lowest BCUT2D eigenvalue weighted by atomic mass is 10.3. The van der Waals surface area contributed by atoms with Crippen molar-refractivity contribution in [1.29, 1.82) is 0 Å². The van der Waals surface area contributed by atoms with Crippen LogP contribution in [0.15, 0.2) is 24.5 Å². The van der Waals surface area contributed by atoms with Crippen LogP contribution in [-0.4, -0.2) is 48.3 Å². The molecule has 0 saturated heterocycles. The summed E-state index contributed by atoms with van der Waals surface area (Å²) in [6.45, 7) is 0. The Balaban J connectivity index is 0.000000251. The van der Waals surface area contributed by atoms with Crippen molar-refractivity contribution < 1.29 is 28.9 Å². The fourth-order valence-electron chi connectivity index (χ4n) is 1.49. The molecular weight excluding hydrogens is 375 g/mol. The van der Waals surface area contributed by atoms with Gasteiger partial charge in [-0.1, -0.05) is 23.2 Å². The number of hydrogen-bond donors (Lipinski definition) is 1. The Morgan fingerprint density at radius 2 is 1.36 bits per heavy atom. The molecule has 0 aliphatic rings. The highest BCUT2D eigenvalue weighted by Crippen LogP contribution is 2.22. The van der Waals surface area contributed by atoms with Crippen LogP contribution in [0.2, 0.25) is 10.3 Å². The molecule has 10 heteroatoms. The Bertz CT molecular complexity index is 770. The van der Waals surface area contributed by atoms with E-state index in [2.05, 4.69) is 14.7 Å². The van der Waals surface area contributed by atoms with Gasteiger partial charge in [-0.15, -0.1) is 0 Å². The molecular formula is C15H14Cl2N2O6. The van der Waals surface area contributed by atoms with E-state index >= 15 is 0 Å². The molecule has 0 saturated carbocycles. The number of nitrogens with zero attached hydrogens (tertiary/aromatic N) is 2. The van der Waals surface area contributed by atoms with Crippen LogP contribution in [0.1, 0.15) is 20.7 Å². The zero-order chi connectivity index (χ0) is 19.0. The van der Waals surface area contributed by atoms with Gasteiger partial charge in [0.15, 0.2) is 21.8 Å². The standard InChI is InChI=1S/C8H8ClNO3.C7H6ClNO3/c1-12-6-3-5(8(11)13-2)4-10-7(6)9;1-12-5-2-4(7(10)11)3-9-6(5)8/h3-4H,1-2H3;2-3H,1H3,(H,10,11). The van der Waals surface area contributed by atoms with Gasteiger partial charge in [0, 0.05) is 12.4 Å². The van der Waals surface area contributed by atoms with Crippen molar-refractivity contribution in [3.8, 4) is 11.5 Å². The smallest absolute Gasteiger partial charge is 0.339 e. The molecule has 0 fully saturated rings. The molecule has 25 heavy (non-hydrogen) atoms. The van der Waals surface area contributed by atoms with Gasteiger partial charge in [-0.3, -0.25) is 0 Å². The summed E-state index contributed by atoms with van der Waals surface area (Å²) >= 11 is 11.2. The molecule has 0 spiro atoms. The van der Waals surface area contributed by atoms with Crippen LogP contribution >= 0.6 is 23.2 Å². The van der Waals surface area contributed by atoms with E-state index in [4.69, 9.17) is 37.8 Å². The van der Waals surface area contributed by atoms with Crippen molar-refractivity contribution in [3.05, 3.63) is 46.0 Å². The minimum atomic E-state index is -1.06. The van der Waals surface area contributed by atoms with Gasteiger partial charge in [-0.25, -0.2) is 19.6 Å². The highest BCUT2D eigenvalue weighted by Gasteiger charge is 2.10. The Hall–Kier alpha value is -2.58. The van der Waals surface area contributed by atoms with Crippen LogP contribution < -0.4 is 9.47 Å². The number of pyridine rings is 2. The van der Waals surface area contributed by atoms with Gasteiger partial charge in [0.25, 0.3) is 0 Å². The molecule has 0 amide bonds. The number of rotatable bonds is 4. The number of carbonyl (C=O) groups is 2. The first-order valence-corrected chi connectivity index (χ1v) is 7.30. The number of ether oxygens (including phenoxy) is 3. The lowest BCUT2D eigenvalue weighted by Gasteiger charge is -2.03. The molecule has 1 N–H and O–H groups in total. The van der Waals surface area contributed by atoms with Crippen molar-refractivity contribution >= 4 is 35.1 Å². The molecule has 8 nitrogen and oxygen atoms in total. The SMILES string of the molecule is COC(=O)c1cnc(Cl)c(OC)c1.COc1cc(C(=O)O)cnc1Cl. The van der Waals surface area contributed by atoms with Crippen LogP contribution in [0.25, 0.3) is 0 Å². The summed E-state index contributed by atoms with van der Waals surface area (Å²) in [5.41, 5.74) is 0.361. The highest BCUT2D eigenvalue weighted by molar-refractivity contribution is 6.31. The maximum atomic E-state index is 11.0. The molecule has 0 radical (unpaired) electrons. The van der Waals surface area contributed by atoms with E-state index in [1.165, 1.54) is 45.9 Å². The van der Waals surface area contributed by atoms with Crippen molar-refractivity contribution in [3.63, 3.8) is 0 Å². The average Bonchev–Trinajstić information content (AvgIpc) is 2.62. The summed E-state index contributed by atoms with van der Waals surface area (Å²) in [5, 5.41) is 8.93. The Kier molecular flexibility index (Phi) is 7.90.